The summed E-state index contributed by atoms with van der Waals surface area (Å²) in [5.41, 5.74) is 1.25. The van der Waals surface area contributed by atoms with Gasteiger partial charge in [-0.15, -0.1) is 0 Å². The summed E-state index contributed by atoms with van der Waals surface area (Å²) in [4.78, 5) is 29.4. The van der Waals surface area contributed by atoms with Gasteiger partial charge in [-0.2, -0.15) is 11.3 Å². The number of carbonyl (C=O) groups is 2. The van der Waals surface area contributed by atoms with Crippen LogP contribution in [0.3, 0.4) is 0 Å². The van der Waals surface area contributed by atoms with Crippen LogP contribution in [-0.4, -0.2) is 41.2 Å². The van der Waals surface area contributed by atoms with E-state index in [1.807, 2.05) is 4.90 Å². The fourth-order valence-electron chi connectivity index (χ4n) is 4.00. The third-order valence-electron chi connectivity index (χ3n) is 5.25. The van der Waals surface area contributed by atoms with E-state index >= 15 is 0 Å². The van der Waals surface area contributed by atoms with Crippen molar-refractivity contribution in [1.82, 2.24) is 9.80 Å². The molecule has 2 aliphatic rings. The molecule has 0 unspecified atom stereocenters. The van der Waals surface area contributed by atoms with E-state index in [0.29, 0.717) is 18.8 Å². The van der Waals surface area contributed by atoms with Gasteiger partial charge in [0.25, 0.3) is 5.91 Å². The molecule has 2 aromatic rings. The first-order valence-electron chi connectivity index (χ1n) is 8.89. The minimum Gasteiger partial charge on any atom is -0.459 e. The lowest BCUT2D eigenvalue weighted by atomic mass is 9.95. The molecule has 2 aliphatic heterocycles. The predicted octanol–water partition coefficient (Wildman–Crippen LogP) is 3.56. The SMILES string of the molecule is O=C(c1ccco1)N1CCC[C@H](C(=O)N2CCC[C@@H]2c2ccsc2)C1. The summed E-state index contributed by atoms with van der Waals surface area (Å²) in [5.74, 6) is 0.335. The van der Waals surface area contributed by atoms with Crippen molar-refractivity contribution in [3.63, 3.8) is 0 Å². The molecule has 0 saturated carbocycles. The molecule has 4 rings (SSSR count). The number of rotatable bonds is 3. The van der Waals surface area contributed by atoms with Gasteiger partial charge in [-0.25, -0.2) is 0 Å². The maximum atomic E-state index is 13.1. The number of furan rings is 1. The van der Waals surface area contributed by atoms with E-state index in [1.165, 1.54) is 11.8 Å². The van der Waals surface area contributed by atoms with Gasteiger partial charge in [0.2, 0.25) is 5.91 Å². The number of likely N-dealkylation sites (tertiary alicyclic amines) is 2. The van der Waals surface area contributed by atoms with Gasteiger partial charge in [0, 0.05) is 19.6 Å². The molecule has 0 radical (unpaired) electrons. The second-order valence-corrected chi connectivity index (χ2v) is 7.59. The van der Waals surface area contributed by atoms with Crippen molar-refractivity contribution >= 4 is 23.2 Å². The lowest BCUT2D eigenvalue weighted by molar-refractivity contribution is -0.138. The third kappa shape index (κ3) is 3.23. The van der Waals surface area contributed by atoms with Crippen LogP contribution in [0.1, 0.15) is 47.8 Å². The topological polar surface area (TPSA) is 53.8 Å². The minimum atomic E-state index is -0.113. The van der Waals surface area contributed by atoms with E-state index in [1.54, 1.807) is 28.4 Å². The molecule has 6 heteroatoms. The Kier molecular flexibility index (Phi) is 4.61. The highest BCUT2D eigenvalue weighted by Gasteiger charge is 2.37. The first-order chi connectivity index (χ1) is 12.2. The highest BCUT2D eigenvalue weighted by molar-refractivity contribution is 7.08. The van der Waals surface area contributed by atoms with Crippen LogP contribution in [0.25, 0.3) is 0 Å². The van der Waals surface area contributed by atoms with E-state index < -0.39 is 0 Å². The molecule has 2 atom stereocenters. The summed E-state index contributed by atoms with van der Waals surface area (Å²) in [5, 5.41) is 4.21. The lowest BCUT2D eigenvalue weighted by Gasteiger charge is -2.35. The van der Waals surface area contributed by atoms with Crippen LogP contribution in [0.2, 0.25) is 0 Å². The summed E-state index contributed by atoms with van der Waals surface area (Å²) in [6.45, 7) is 2.00. The summed E-state index contributed by atoms with van der Waals surface area (Å²) in [6.07, 6.45) is 5.31. The molecule has 5 nitrogen and oxygen atoms in total. The average molecular weight is 358 g/mol. The number of nitrogens with zero attached hydrogens (tertiary/aromatic N) is 2. The van der Waals surface area contributed by atoms with E-state index in [9.17, 15) is 9.59 Å². The van der Waals surface area contributed by atoms with Crippen LogP contribution in [0.5, 0.6) is 0 Å². The first-order valence-corrected chi connectivity index (χ1v) is 9.83. The van der Waals surface area contributed by atoms with Gasteiger partial charge < -0.3 is 14.2 Å². The van der Waals surface area contributed by atoms with Crippen LogP contribution >= 0.6 is 11.3 Å². The summed E-state index contributed by atoms with van der Waals surface area (Å²) < 4.78 is 5.22. The van der Waals surface area contributed by atoms with Crippen molar-refractivity contribution in [3.05, 3.63) is 46.5 Å². The second-order valence-electron chi connectivity index (χ2n) is 6.81. The standard InChI is InChI=1S/C19H22N2O3S/c22-18(21-9-2-5-16(21)15-7-11-25-13-15)14-4-1-8-20(12-14)19(23)17-6-3-10-24-17/h3,6-7,10-11,13-14,16H,1-2,4-5,8-9,12H2/t14-,16+/m0/s1. The van der Waals surface area contributed by atoms with Crippen LogP contribution in [0, 0.1) is 5.92 Å². The van der Waals surface area contributed by atoms with Gasteiger partial charge in [-0.3, -0.25) is 9.59 Å². The molecule has 0 spiro atoms. The van der Waals surface area contributed by atoms with E-state index in [4.69, 9.17) is 4.42 Å². The van der Waals surface area contributed by atoms with Crippen LogP contribution in [-0.2, 0) is 4.79 Å². The highest BCUT2D eigenvalue weighted by Crippen LogP contribution is 2.35. The van der Waals surface area contributed by atoms with Crippen LogP contribution < -0.4 is 0 Å². The van der Waals surface area contributed by atoms with E-state index in [0.717, 1.165) is 32.2 Å². The normalized spacial score (nSPS) is 23.8. The maximum absolute atomic E-state index is 13.1. The molecule has 2 amide bonds. The molecule has 0 aromatic carbocycles. The first kappa shape index (κ1) is 16.4. The largest absolute Gasteiger partial charge is 0.459 e. The summed E-state index contributed by atoms with van der Waals surface area (Å²) in [7, 11) is 0. The smallest absolute Gasteiger partial charge is 0.289 e. The Morgan fingerprint density at radius 2 is 2.04 bits per heavy atom. The molecule has 2 saturated heterocycles. The molecule has 4 heterocycles. The fourth-order valence-corrected chi connectivity index (χ4v) is 4.70. The number of hydrogen-bond acceptors (Lipinski definition) is 4. The maximum Gasteiger partial charge on any atom is 0.289 e. The molecular weight excluding hydrogens is 336 g/mol. The number of amides is 2. The summed E-state index contributed by atoms with van der Waals surface area (Å²) in [6, 6.07) is 5.72. The van der Waals surface area contributed by atoms with Crippen LogP contribution in [0.15, 0.2) is 39.6 Å². The molecule has 0 aliphatic carbocycles. The van der Waals surface area contributed by atoms with Crippen molar-refractivity contribution in [1.29, 1.82) is 0 Å². The zero-order valence-electron chi connectivity index (χ0n) is 14.1. The Labute approximate surface area is 151 Å². The molecular formula is C19H22N2O3S. The average Bonchev–Trinajstić information content (AvgIpc) is 3.42. The van der Waals surface area contributed by atoms with Gasteiger partial charge in [-0.1, -0.05) is 0 Å². The molecule has 0 bridgehead atoms. The Morgan fingerprint density at radius 3 is 2.80 bits per heavy atom. The number of piperidine rings is 1. The minimum absolute atomic E-state index is 0.105. The quantitative estimate of drug-likeness (QED) is 0.843. The molecule has 2 aromatic heterocycles. The Balaban J connectivity index is 1.45. The zero-order valence-corrected chi connectivity index (χ0v) is 14.9. The lowest BCUT2D eigenvalue weighted by Crippen LogP contribution is -2.46. The number of hydrogen-bond donors (Lipinski definition) is 0. The van der Waals surface area contributed by atoms with Gasteiger partial charge >= 0.3 is 0 Å². The van der Waals surface area contributed by atoms with E-state index in [-0.39, 0.29) is 23.8 Å². The third-order valence-corrected chi connectivity index (χ3v) is 5.96. The van der Waals surface area contributed by atoms with Crippen molar-refractivity contribution in [2.24, 2.45) is 5.92 Å². The highest BCUT2D eigenvalue weighted by atomic mass is 32.1. The summed E-state index contributed by atoms with van der Waals surface area (Å²) >= 11 is 1.68. The fraction of sp³-hybridized carbons (Fsp3) is 0.474. The van der Waals surface area contributed by atoms with Gasteiger partial charge in [0.05, 0.1) is 18.2 Å². The molecule has 132 valence electrons. The number of carbonyl (C=O) groups excluding carboxylic acids is 2. The van der Waals surface area contributed by atoms with Crippen molar-refractivity contribution in [2.45, 2.75) is 31.7 Å². The monoisotopic (exact) mass is 358 g/mol. The second kappa shape index (κ2) is 7.04. The molecule has 25 heavy (non-hydrogen) atoms. The van der Waals surface area contributed by atoms with Gasteiger partial charge in [-0.05, 0) is 60.2 Å². The Morgan fingerprint density at radius 1 is 1.16 bits per heavy atom. The number of thiophene rings is 1. The van der Waals surface area contributed by atoms with Crippen LogP contribution in [0.4, 0.5) is 0 Å². The predicted molar refractivity (Wildman–Crippen MR) is 95.3 cm³/mol. The molecule has 0 N–H and O–H groups in total. The van der Waals surface area contributed by atoms with Crippen molar-refractivity contribution in [2.75, 3.05) is 19.6 Å². The molecule has 2 fully saturated rings. The zero-order chi connectivity index (χ0) is 17.2. The van der Waals surface area contributed by atoms with Crippen molar-refractivity contribution < 1.29 is 14.0 Å². The Bertz CT molecular complexity index is 726. The van der Waals surface area contributed by atoms with Crippen molar-refractivity contribution in [3.8, 4) is 0 Å². The van der Waals surface area contributed by atoms with Gasteiger partial charge in [0.15, 0.2) is 5.76 Å². The Hall–Kier alpha value is -2.08. The van der Waals surface area contributed by atoms with E-state index in [2.05, 4.69) is 16.8 Å². The van der Waals surface area contributed by atoms with Gasteiger partial charge in [0.1, 0.15) is 0 Å².